The Hall–Kier alpha value is -8.17. The van der Waals surface area contributed by atoms with Gasteiger partial charge in [-0.25, -0.2) is 33.7 Å². The summed E-state index contributed by atoms with van der Waals surface area (Å²) in [6.45, 7) is 7.32. The molecule has 0 aliphatic carbocycles. The van der Waals surface area contributed by atoms with Crippen LogP contribution >= 0.6 is 23.8 Å². The van der Waals surface area contributed by atoms with Crippen LogP contribution in [0.1, 0.15) is 107 Å². The summed E-state index contributed by atoms with van der Waals surface area (Å²) >= 11 is 6.34. The monoisotopic (exact) mass is 958 g/mol. The number of rotatable bonds is 14. The van der Waals surface area contributed by atoms with Crippen molar-refractivity contribution in [2.24, 2.45) is 10.9 Å². The van der Waals surface area contributed by atoms with Crippen LogP contribution in [-0.4, -0.2) is 64.0 Å². The van der Waals surface area contributed by atoms with Crippen LogP contribution in [0.5, 0.6) is 0 Å². The number of carbonyl (C=O) groups excluding carboxylic acids is 4. The third-order valence-corrected chi connectivity index (χ3v) is 11.1. The summed E-state index contributed by atoms with van der Waals surface area (Å²) < 4.78 is 30.4. The molecular weight excluding hydrogens is 915 g/mol. The van der Waals surface area contributed by atoms with E-state index < -0.39 is 23.6 Å². The molecule has 7 aromatic rings. The van der Waals surface area contributed by atoms with Gasteiger partial charge in [-0.15, -0.1) is 0 Å². The lowest BCUT2D eigenvalue weighted by Gasteiger charge is -2.14. The Balaban J connectivity index is 0.000000224. The van der Waals surface area contributed by atoms with E-state index >= 15 is 0 Å². The number of amidine groups is 1. The molecule has 3 aromatic heterocycles. The van der Waals surface area contributed by atoms with Crippen LogP contribution < -0.4 is 27.0 Å². The van der Waals surface area contributed by atoms with E-state index in [0.717, 1.165) is 34.1 Å². The number of carbonyl (C=O) groups is 4. The molecule has 2 atom stereocenters. The molecule has 0 unspecified atom stereocenters. The smallest absolute Gasteiger partial charge is 0.270 e. The minimum absolute atomic E-state index is 0.0143. The van der Waals surface area contributed by atoms with Crippen molar-refractivity contribution in [2.75, 3.05) is 0 Å². The van der Waals surface area contributed by atoms with Gasteiger partial charge in [0, 0.05) is 36.3 Å². The molecule has 0 fully saturated rings. The van der Waals surface area contributed by atoms with Crippen molar-refractivity contribution < 1.29 is 33.2 Å². The molecule has 4 aromatic carbocycles. The van der Waals surface area contributed by atoms with Crippen molar-refractivity contribution in [3.05, 3.63) is 187 Å². The quantitative estimate of drug-likeness (QED) is 0.0192. The number of amides is 4. The van der Waals surface area contributed by atoms with Crippen molar-refractivity contribution >= 4 is 53.2 Å². The standard InChI is InChI=1S/C24H21FN6O2S2.C23H23FN6O3/c1-13-9-15(3-8-18(13)25)11-26-22(32)19-10-20(28-12-27-19)23(33)29-14(2)16-4-6-17(7-5-16)21-30-24(34)35-31-21;1-13-9-15(3-8-18(13)24)11-26-22(31)19-10-20(28-12-27-19)23(32)29-14(2)16-4-6-17(7-5-16)21(25)30-33/h3-10,12,14H,11H2,1-2H3,(H,26,32)(H,29,33)(H,30,31,34);3-10,12,14,33H,11H2,1-2H3,(H2,25,30)(H,26,31)(H,29,32)/t2*14-/m00/s1. The summed E-state index contributed by atoms with van der Waals surface area (Å²) in [6, 6.07) is 25.6. The van der Waals surface area contributed by atoms with Crippen LogP contribution in [0.15, 0.2) is 115 Å². The number of halogens is 2. The molecule has 21 heteroatoms. The molecule has 17 nitrogen and oxygen atoms in total. The molecule has 0 aliphatic heterocycles. The lowest BCUT2D eigenvalue weighted by Crippen LogP contribution is -2.29. The van der Waals surface area contributed by atoms with E-state index in [0.29, 0.717) is 26.5 Å². The topological polar surface area (TPSA) is 255 Å². The summed E-state index contributed by atoms with van der Waals surface area (Å²) in [5.74, 6) is -1.80. The van der Waals surface area contributed by atoms with Crippen LogP contribution in [0.3, 0.4) is 0 Å². The maximum absolute atomic E-state index is 13.4. The van der Waals surface area contributed by atoms with Crippen molar-refractivity contribution in [1.29, 1.82) is 0 Å². The first-order valence-corrected chi connectivity index (χ1v) is 21.9. The SMILES string of the molecule is Cc1cc(CNC(=O)c2cc(C(=O)N[C@@H](C)c3ccc(-c4nc(=S)s[nH]4)cc3)ncn2)ccc1F.Cc1cc(CNC(=O)c2cc(C(=O)N[C@@H](C)c3ccc(/C(N)=N/O)cc3)ncn2)ccc1F. The number of nitrogens with one attached hydrogen (secondary N) is 5. The van der Waals surface area contributed by atoms with Crippen LogP contribution in [0.2, 0.25) is 0 Å². The third kappa shape index (κ3) is 13.2. The second-order valence-corrected chi connectivity index (χ2v) is 16.6. The Morgan fingerprint density at radius 1 is 0.676 bits per heavy atom. The number of nitrogens with zero attached hydrogens (tertiary/aromatic N) is 6. The van der Waals surface area contributed by atoms with Gasteiger partial charge in [0.25, 0.3) is 23.6 Å². The maximum Gasteiger partial charge on any atom is 0.270 e. The van der Waals surface area contributed by atoms with E-state index in [9.17, 15) is 28.0 Å². The molecule has 7 rings (SSSR count). The van der Waals surface area contributed by atoms with Gasteiger partial charge in [-0.2, -0.15) is 0 Å². The molecule has 4 amide bonds. The molecule has 0 saturated heterocycles. The molecule has 68 heavy (non-hydrogen) atoms. The van der Waals surface area contributed by atoms with Crippen molar-refractivity contribution in [3.63, 3.8) is 0 Å². The average molecular weight is 959 g/mol. The highest BCUT2D eigenvalue weighted by molar-refractivity contribution is 7.73. The molecule has 3 heterocycles. The number of hydrogen-bond acceptors (Lipinski definition) is 13. The fourth-order valence-electron chi connectivity index (χ4n) is 6.38. The van der Waals surface area contributed by atoms with Crippen LogP contribution in [0.25, 0.3) is 11.4 Å². The highest BCUT2D eigenvalue weighted by Gasteiger charge is 2.18. The first kappa shape index (κ1) is 49.3. The van der Waals surface area contributed by atoms with E-state index in [1.54, 1.807) is 69.3 Å². The lowest BCUT2D eigenvalue weighted by molar-refractivity contribution is 0.0921. The number of aryl methyl sites for hydroxylation is 2. The maximum atomic E-state index is 13.4. The molecule has 0 spiro atoms. The predicted molar refractivity (Wildman–Crippen MR) is 252 cm³/mol. The average Bonchev–Trinajstić information content (AvgIpc) is 3.80. The predicted octanol–water partition coefficient (Wildman–Crippen LogP) is 6.97. The zero-order valence-corrected chi connectivity index (χ0v) is 38.5. The fourth-order valence-corrected chi connectivity index (χ4v) is 7.08. The van der Waals surface area contributed by atoms with Gasteiger partial charge < -0.3 is 32.2 Å². The number of H-pyrrole nitrogens is 1. The summed E-state index contributed by atoms with van der Waals surface area (Å²) in [6.07, 6.45) is 2.31. The fraction of sp³-hybridized carbons (Fsp3) is 0.170. The zero-order chi connectivity index (χ0) is 48.9. The number of aromatic amines is 1. The van der Waals surface area contributed by atoms with Gasteiger partial charge in [0.2, 0.25) is 0 Å². The van der Waals surface area contributed by atoms with E-state index in [-0.39, 0.29) is 65.4 Å². The molecule has 348 valence electrons. The number of hydrogen-bond donors (Lipinski definition) is 7. The minimum atomic E-state index is -0.486. The Labute approximate surface area is 397 Å². The Kier molecular flexibility index (Phi) is 16.5. The minimum Gasteiger partial charge on any atom is -0.409 e. The number of nitrogens with two attached hydrogens (primary N) is 1. The molecule has 0 bridgehead atoms. The second kappa shape index (κ2) is 22.8. The number of aromatic nitrogens is 6. The molecule has 0 saturated carbocycles. The highest BCUT2D eigenvalue weighted by atomic mass is 32.2. The molecule has 8 N–H and O–H groups in total. The van der Waals surface area contributed by atoms with Crippen molar-refractivity contribution in [2.45, 2.75) is 52.9 Å². The Bertz CT molecular complexity index is 3040. The number of oxime groups is 1. The zero-order valence-electron chi connectivity index (χ0n) is 36.9. The first-order chi connectivity index (χ1) is 32.6. The largest absolute Gasteiger partial charge is 0.409 e. The van der Waals surface area contributed by atoms with Crippen molar-refractivity contribution in [1.82, 2.24) is 50.6 Å². The van der Waals surface area contributed by atoms with E-state index in [1.165, 1.54) is 42.1 Å². The van der Waals surface area contributed by atoms with Gasteiger partial charge in [0.15, 0.2) is 9.79 Å². The van der Waals surface area contributed by atoms with Crippen LogP contribution in [0, 0.1) is 29.4 Å². The van der Waals surface area contributed by atoms with Gasteiger partial charge in [-0.05, 0) is 97.0 Å². The molecular formula is C47H44F2N12O5S2. The van der Waals surface area contributed by atoms with Gasteiger partial charge >= 0.3 is 0 Å². The third-order valence-electron chi connectivity index (χ3n) is 10.2. The Morgan fingerprint density at radius 2 is 1.10 bits per heavy atom. The summed E-state index contributed by atoms with van der Waals surface area (Å²) in [5, 5.41) is 22.8. The lowest BCUT2D eigenvalue weighted by atomic mass is 10.1. The summed E-state index contributed by atoms with van der Waals surface area (Å²) in [4.78, 5) is 70.5. The Morgan fingerprint density at radius 3 is 1.50 bits per heavy atom. The summed E-state index contributed by atoms with van der Waals surface area (Å²) in [5.41, 5.74) is 11.3. The normalized spacial score (nSPS) is 11.9. The highest BCUT2D eigenvalue weighted by Crippen LogP contribution is 2.21. The number of benzene rings is 4. The van der Waals surface area contributed by atoms with Crippen LogP contribution in [-0.2, 0) is 13.1 Å². The van der Waals surface area contributed by atoms with Gasteiger partial charge in [0.05, 0.1) is 12.1 Å². The second-order valence-electron chi connectivity index (χ2n) is 15.2. The van der Waals surface area contributed by atoms with Gasteiger partial charge in [0.1, 0.15) is 52.9 Å². The van der Waals surface area contributed by atoms with Gasteiger partial charge in [-0.3, -0.25) is 23.6 Å². The van der Waals surface area contributed by atoms with Crippen molar-refractivity contribution in [3.8, 4) is 11.4 Å². The van der Waals surface area contributed by atoms with Crippen LogP contribution in [0.4, 0.5) is 8.78 Å². The first-order valence-electron chi connectivity index (χ1n) is 20.6. The van der Waals surface area contributed by atoms with E-state index in [2.05, 4.69) is 55.7 Å². The van der Waals surface area contributed by atoms with E-state index in [4.69, 9.17) is 23.2 Å². The molecule has 0 aliphatic rings. The van der Waals surface area contributed by atoms with Gasteiger partial charge in [-0.1, -0.05) is 78.0 Å². The van der Waals surface area contributed by atoms with E-state index in [1.807, 2.05) is 31.2 Å². The molecule has 0 radical (unpaired) electrons. The summed E-state index contributed by atoms with van der Waals surface area (Å²) in [7, 11) is 0.